The summed E-state index contributed by atoms with van der Waals surface area (Å²) in [6.45, 7) is 3.36. The first kappa shape index (κ1) is 9.27. The van der Waals surface area contributed by atoms with Crippen LogP contribution in [0, 0.1) is 0 Å². The fourth-order valence-corrected chi connectivity index (χ4v) is 1.78. The van der Waals surface area contributed by atoms with Crippen LogP contribution in [0.4, 0.5) is 11.4 Å². The van der Waals surface area contributed by atoms with Gasteiger partial charge in [0.1, 0.15) is 0 Å². The number of nitrogens with two attached hydrogens (primary N) is 1. The maximum atomic E-state index is 9.80. The maximum Gasteiger partial charge on any atom is 0.0810 e. The number of hydrogen-bond acceptors (Lipinski definition) is 4. The van der Waals surface area contributed by atoms with Crippen molar-refractivity contribution >= 4 is 11.4 Å². The predicted molar refractivity (Wildman–Crippen MR) is 56.1 cm³/mol. The molecule has 0 radical (unpaired) electrons. The van der Waals surface area contributed by atoms with Gasteiger partial charge in [-0.25, -0.2) is 0 Å². The van der Waals surface area contributed by atoms with Gasteiger partial charge in [0.25, 0.3) is 0 Å². The molecule has 2 rings (SSSR count). The molecular weight excluding hydrogens is 178 g/mol. The first-order valence-electron chi connectivity index (χ1n) is 4.75. The molecule has 0 aromatic carbocycles. The molecule has 3 N–H and O–H groups in total. The van der Waals surface area contributed by atoms with Crippen molar-refractivity contribution in [2.45, 2.75) is 18.9 Å². The minimum absolute atomic E-state index is 0.579. The molecule has 1 aromatic heterocycles. The van der Waals surface area contributed by atoms with Crippen LogP contribution < -0.4 is 10.6 Å². The highest BCUT2D eigenvalue weighted by Crippen LogP contribution is 2.26. The number of aromatic nitrogens is 1. The topological polar surface area (TPSA) is 62.4 Å². The quantitative estimate of drug-likeness (QED) is 0.686. The van der Waals surface area contributed by atoms with Gasteiger partial charge in [0, 0.05) is 19.3 Å². The summed E-state index contributed by atoms with van der Waals surface area (Å²) >= 11 is 0. The van der Waals surface area contributed by atoms with Crippen molar-refractivity contribution in [1.82, 2.24) is 4.98 Å². The first-order chi connectivity index (χ1) is 6.57. The number of β-amino-alcohol motifs (C(OH)–C–C–N with tert-alkyl or cyclic N) is 1. The minimum Gasteiger partial charge on any atom is -0.397 e. The van der Waals surface area contributed by atoms with Crippen molar-refractivity contribution in [1.29, 1.82) is 0 Å². The standard InChI is InChI=1S/C10H15N3O/c1-10(14)2-3-13(7-10)9-4-8(11)5-12-6-9/h4-6,14H,2-3,7,11H2,1H3. The zero-order chi connectivity index (χ0) is 10.2. The Morgan fingerprint density at radius 2 is 2.36 bits per heavy atom. The van der Waals surface area contributed by atoms with Gasteiger partial charge in [0.05, 0.1) is 23.2 Å². The SMILES string of the molecule is CC1(O)CCN(c2cncc(N)c2)C1. The van der Waals surface area contributed by atoms with Crippen LogP contribution in [-0.4, -0.2) is 28.8 Å². The van der Waals surface area contributed by atoms with E-state index in [1.807, 2.05) is 13.0 Å². The summed E-state index contributed by atoms with van der Waals surface area (Å²) in [6.07, 6.45) is 4.19. The summed E-state index contributed by atoms with van der Waals surface area (Å²) in [6, 6.07) is 1.88. The Morgan fingerprint density at radius 3 is 2.93 bits per heavy atom. The Hall–Kier alpha value is -1.29. The van der Waals surface area contributed by atoms with Crippen LogP contribution in [-0.2, 0) is 0 Å². The van der Waals surface area contributed by atoms with E-state index >= 15 is 0 Å². The van der Waals surface area contributed by atoms with Crippen molar-refractivity contribution in [3.05, 3.63) is 18.5 Å². The van der Waals surface area contributed by atoms with Gasteiger partial charge in [-0.1, -0.05) is 0 Å². The molecule has 1 saturated heterocycles. The smallest absolute Gasteiger partial charge is 0.0810 e. The molecule has 4 nitrogen and oxygen atoms in total. The lowest BCUT2D eigenvalue weighted by atomic mass is 10.1. The number of aliphatic hydroxyl groups is 1. The lowest BCUT2D eigenvalue weighted by molar-refractivity contribution is 0.0839. The number of anilines is 2. The molecule has 0 bridgehead atoms. The van der Waals surface area contributed by atoms with Gasteiger partial charge in [-0.3, -0.25) is 4.98 Å². The first-order valence-corrected chi connectivity index (χ1v) is 4.75. The zero-order valence-corrected chi connectivity index (χ0v) is 8.27. The number of nitrogen functional groups attached to an aromatic ring is 1. The van der Waals surface area contributed by atoms with Crippen LogP contribution in [0.5, 0.6) is 0 Å². The molecule has 0 amide bonds. The van der Waals surface area contributed by atoms with Crippen LogP contribution in [0.1, 0.15) is 13.3 Å². The third kappa shape index (κ3) is 1.80. The summed E-state index contributed by atoms with van der Waals surface area (Å²) in [5, 5.41) is 9.80. The van der Waals surface area contributed by atoms with Crippen molar-refractivity contribution in [3.63, 3.8) is 0 Å². The average molecular weight is 193 g/mol. The van der Waals surface area contributed by atoms with E-state index < -0.39 is 5.60 Å². The Bertz CT molecular complexity index is 338. The van der Waals surface area contributed by atoms with E-state index in [-0.39, 0.29) is 0 Å². The fraction of sp³-hybridized carbons (Fsp3) is 0.500. The molecule has 0 aliphatic carbocycles. The van der Waals surface area contributed by atoms with E-state index in [0.717, 1.165) is 18.7 Å². The average Bonchev–Trinajstić information content (AvgIpc) is 2.46. The van der Waals surface area contributed by atoms with E-state index in [9.17, 15) is 5.11 Å². The lowest BCUT2D eigenvalue weighted by Gasteiger charge is -2.20. The Balaban J connectivity index is 2.17. The molecular formula is C10H15N3O. The molecule has 2 heterocycles. The van der Waals surface area contributed by atoms with Gasteiger partial charge in [-0.05, 0) is 19.4 Å². The molecule has 4 heteroatoms. The molecule has 1 aromatic rings. The fourth-order valence-electron chi connectivity index (χ4n) is 1.78. The largest absolute Gasteiger partial charge is 0.397 e. The van der Waals surface area contributed by atoms with E-state index in [4.69, 9.17) is 5.73 Å². The van der Waals surface area contributed by atoms with Crippen LogP contribution in [0.2, 0.25) is 0 Å². The summed E-state index contributed by atoms with van der Waals surface area (Å²) in [5.41, 5.74) is 6.71. The second kappa shape index (κ2) is 3.13. The lowest BCUT2D eigenvalue weighted by Crippen LogP contribution is -2.29. The molecule has 0 saturated carbocycles. The number of nitrogens with zero attached hydrogens (tertiary/aromatic N) is 2. The highest BCUT2D eigenvalue weighted by atomic mass is 16.3. The van der Waals surface area contributed by atoms with E-state index in [1.54, 1.807) is 12.4 Å². The zero-order valence-electron chi connectivity index (χ0n) is 8.27. The number of pyridine rings is 1. The van der Waals surface area contributed by atoms with E-state index in [0.29, 0.717) is 12.2 Å². The highest BCUT2D eigenvalue weighted by Gasteiger charge is 2.31. The van der Waals surface area contributed by atoms with Gasteiger partial charge >= 0.3 is 0 Å². The maximum absolute atomic E-state index is 9.80. The van der Waals surface area contributed by atoms with Crippen molar-refractivity contribution in [3.8, 4) is 0 Å². The van der Waals surface area contributed by atoms with Gasteiger partial charge < -0.3 is 15.7 Å². The Morgan fingerprint density at radius 1 is 1.57 bits per heavy atom. The van der Waals surface area contributed by atoms with Gasteiger partial charge in [-0.2, -0.15) is 0 Å². The third-order valence-corrected chi connectivity index (χ3v) is 2.56. The molecule has 0 spiro atoms. The second-order valence-electron chi connectivity index (χ2n) is 4.14. The Kier molecular flexibility index (Phi) is 2.07. The summed E-state index contributed by atoms with van der Waals surface area (Å²) in [7, 11) is 0. The van der Waals surface area contributed by atoms with Gasteiger partial charge in [0.15, 0.2) is 0 Å². The third-order valence-electron chi connectivity index (χ3n) is 2.56. The monoisotopic (exact) mass is 193 g/mol. The molecule has 1 unspecified atom stereocenters. The van der Waals surface area contributed by atoms with Crippen molar-refractivity contribution < 1.29 is 5.11 Å². The van der Waals surface area contributed by atoms with Crippen LogP contribution >= 0.6 is 0 Å². The number of hydrogen-bond donors (Lipinski definition) is 2. The number of rotatable bonds is 1. The molecule has 1 atom stereocenters. The molecule has 76 valence electrons. The predicted octanol–water partition coefficient (Wildman–Crippen LogP) is 0.625. The summed E-state index contributed by atoms with van der Waals surface area (Å²) in [5.74, 6) is 0. The van der Waals surface area contributed by atoms with Crippen LogP contribution in [0.15, 0.2) is 18.5 Å². The van der Waals surface area contributed by atoms with Crippen LogP contribution in [0.3, 0.4) is 0 Å². The second-order valence-corrected chi connectivity index (χ2v) is 4.14. The highest BCUT2D eigenvalue weighted by molar-refractivity contribution is 5.54. The Labute approximate surface area is 83.4 Å². The van der Waals surface area contributed by atoms with E-state index in [1.165, 1.54) is 0 Å². The molecule has 1 aliphatic heterocycles. The summed E-state index contributed by atoms with van der Waals surface area (Å²) < 4.78 is 0. The normalized spacial score (nSPS) is 26.9. The molecule has 1 fully saturated rings. The molecule has 1 aliphatic rings. The van der Waals surface area contributed by atoms with Gasteiger partial charge in [0.2, 0.25) is 0 Å². The van der Waals surface area contributed by atoms with E-state index in [2.05, 4.69) is 9.88 Å². The minimum atomic E-state index is -0.579. The summed E-state index contributed by atoms with van der Waals surface area (Å²) in [4.78, 5) is 6.13. The van der Waals surface area contributed by atoms with Crippen molar-refractivity contribution in [2.75, 3.05) is 23.7 Å². The molecule has 14 heavy (non-hydrogen) atoms. The van der Waals surface area contributed by atoms with Crippen molar-refractivity contribution in [2.24, 2.45) is 0 Å². The van der Waals surface area contributed by atoms with Crippen LogP contribution in [0.25, 0.3) is 0 Å². The van der Waals surface area contributed by atoms with Gasteiger partial charge in [-0.15, -0.1) is 0 Å².